The summed E-state index contributed by atoms with van der Waals surface area (Å²) in [4.78, 5) is 20.5. The second kappa shape index (κ2) is 45.1. The predicted molar refractivity (Wildman–Crippen MR) is 193 cm³/mol. The third-order valence-corrected chi connectivity index (χ3v) is 8.47. The van der Waals surface area contributed by atoms with Crippen LogP contribution >= 0.6 is 0 Å². The quantitative estimate of drug-likeness (QED) is 0.0402. The number of rotatable bonds is 34. The first-order chi connectivity index (χ1) is 21.5. The van der Waals surface area contributed by atoms with E-state index >= 15 is 0 Å². The average Bonchev–Trinajstić information content (AvgIpc) is 3.00. The van der Waals surface area contributed by atoms with E-state index in [1.807, 2.05) is 0 Å². The molecule has 0 rings (SSSR count). The van der Waals surface area contributed by atoms with Crippen molar-refractivity contribution in [2.75, 3.05) is 0 Å². The second-order valence-corrected chi connectivity index (χ2v) is 13.0. The number of carboxylic acid groups (broad SMARTS) is 2. The van der Waals surface area contributed by atoms with Crippen molar-refractivity contribution < 1.29 is 36.9 Å². The topological polar surface area (TPSA) is 74.6 Å². The molecule has 0 spiro atoms. The van der Waals surface area contributed by atoms with Crippen molar-refractivity contribution in [3.8, 4) is 0 Å². The maximum atomic E-state index is 10.3. The smallest absolute Gasteiger partial charge is 0.327 e. The van der Waals surface area contributed by atoms with Crippen molar-refractivity contribution in [1.29, 1.82) is 0 Å². The maximum absolute atomic E-state index is 10.3. The van der Waals surface area contributed by atoms with Gasteiger partial charge in [0.1, 0.15) is 0 Å². The van der Waals surface area contributed by atoms with E-state index in [-0.39, 0.29) is 17.1 Å². The Hall–Kier alpha value is -1.06. The summed E-state index contributed by atoms with van der Waals surface area (Å²) < 4.78 is 0. The van der Waals surface area contributed by atoms with E-state index in [2.05, 4.69) is 13.8 Å². The van der Waals surface area contributed by atoms with E-state index in [1.54, 1.807) is 12.2 Å². The van der Waals surface area contributed by atoms with Gasteiger partial charge in [0.15, 0.2) is 0 Å². The summed E-state index contributed by atoms with van der Waals surface area (Å²) in [7, 11) is 0. The van der Waals surface area contributed by atoms with Gasteiger partial charge in [0, 0.05) is 29.2 Å². The fourth-order valence-electron chi connectivity index (χ4n) is 5.64. The molecule has 0 aromatic rings. The number of unbranched alkanes of at least 4 members (excludes halogenated alkanes) is 30. The Morgan fingerprint density at radius 2 is 0.533 bits per heavy atom. The van der Waals surface area contributed by atoms with Gasteiger partial charge in [0.05, 0.1) is 0 Å². The molecule has 0 saturated heterocycles. The Morgan fingerprint density at radius 1 is 0.356 bits per heavy atom. The summed E-state index contributed by atoms with van der Waals surface area (Å²) in [6.07, 6.45) is 49.0. The third-order valence-electron chi connectivity index (χ3n) is 8.47. The van der Waals surface area contributed by atoms with Crippen molar-refractivity contribution in [3.05, 3.63) is 24.3 Å². The molecule has 0 aromatic heterocycles. The Balaban J connectivity index is -0.000000767. The molecule has 0 fully saturated rings. The number of hydrogen-bond acceptors (Lipinski definition) is 2. The van der Waals surface area contributed by atoms with Crippen LogP contribution in [0, 0.1) is 0 Å². The van der Waals surface area contributed by atoms with Gasteiger partial charge in [-0.05, 0) is 25.7 Å². The van der Waals surface area contributed by atoms with E-state index in [9.17, 15) is 9.59 Å². The van der Waals surface area contributed by atoms with E-state index in [0.29, 0.717) is 0 Å². The van der Waals surface area contributed by atoms with Gasteiger partial charge in [0.25, 0.3) is 0 Å². The van der Waals surface area contributed by atoms with E-state index in [4.69, 9.17) is 10.2 Å². The predicted octanol–water partition coefficient (Wildman–Crippen LogP) is 13.8. The van der Waals surface area contributed by atoms with Crippen LogP contribution in [0.2, 0.25) is 0 Å². The molecule has 2 N–H and O–H groups in total. The van der Waals surface area contributed by atoms with Crippen LogP contribution < -0.4 is 0 Å². The van der Waals surface area contributed by atoms with Crippen molar-refractivity contribution in [1.82, 2.24) is 0 Å². The van der Waals surface area contributed by atoms with Gasteiger partial charge in [-0.3, -0.25) is 0 Å². The third kappa shape index (κ3) is 52.7. The molecule has 0 saturated carbocycles. The van der Waals surface area contributed by atoms with E-state index in [0.717, 1.165) is 25.7 Å². The number of aliphatic carboxylic acids is 2. The Labute approximate surface area is 291 Å². The molecule has 0 amide bonds. The summed E-state index contributed by atoms with van der Waals surface area (Å²) in [5.74, 6) is -1.66. The van der Waals surface area contributed by atoms with E-state index < -0.39 is 11.9 Å². The van der Waals surface area contributed by atoms with Crippen LogP contribution in [0.5, 0.6) is 0 Å². The minimum atomic E-state index is -0.832. The minimum Gasteiger partial charge on any atom is -0.478 e. The molecule has 0 heterocycles. The molecule has 4 nitrogen and oxygen atoms in total. The van der Waals surface area contributed by atoms with Crippen LogP contribution in [0.25, 0.3) is 0 Å². The van der Waals surface area contributed by atoms with Crippen LogP contribution in [-0.4, -0.2) is 22.2 Å². The monoisotopic (exact) mass is 684 g/mol. The first-order valence-corrected chi connectivity index (χ1v) is 19.3. The molecule has 0 aliphatic carbocycles. The van der Waals surface area contributed by atoms with E-state index in [1.165, 1.54) is 192 Å². The van der Waals surface area contributed by atoms with Crippen LogP contribution in [0.1, 0.15) is 219 Å². The molecule has 0 aromatic carbocycles. The fourth-order valence-corrected chi connectivity index (χ4v) is 5.64. The van der Waals surface area contributed by atoms with Gasteiger partial charge in [-0.15, -0.1) is 0 Å². The first kappa shape index (κ1) is 48.3. The van der Waals surface area contributed by atoms with Gasteiger partial charge in [-0.25, -0.2) is 9.59 Å². The van der Waals surface area contributed by atoms with Crippen molar-refractivity contribution in [2.24, 2.45) is 0 Å². The molecule has 0 aliphatic heterocycles. The SMILES string of the molecule is CCCCCCCCCCCCCCCCCC=CC(=O)O.CCCCCCCCCCCCCCCCCC=CC(=O)O.[Cu]. The molecular formula is C40H76CuO4. The molecule has 0 bridgehead atoms. The second-order valence-electron chi connectivity index (χ2n) is 13.0. The minimum absolute atomic E-state index is 0. The number of hydrogen-bond donors (Lipinski definition) is 2. The van der Waals surface area contributed by atoms with Gasteiger partial charge >= 0.3 is 11.9 Å². The van der Waals surface area contributed by atoms with Crippen molar-refractivity contribution in [2.45, 2.75) is 219 Å². The zero-order valence-corrected chi connectivity index (χ0v) is 30.9. The molecule has 5 heteroatoms. The Bertz CT molecular complexity index is 578. The molecule has 45 heavy (non-hydrogen) atoms. The Morgan fingerprint density at radius 3 is 0.711 bits per heavy atom. The zero-order valence-electron chi connectivity index (χ0n) is 29.9. The average molecular weight is 685 g/mol. The van der Waals surface area contributed by atoms with Crippen LogP contribution in [0.15, 0.2) is 24.3 Å². The molecule has 271 valence electrons. The van der Waals surface area contributed by atoms with Gasteiger partial charge in [-0.1, -0.05) is 206 Å². The molecular weight excluding hydrogens is 608 g/mol. The van der Waals surface area contributed by atoms with Crippen molar-refractivity contribution in [3.63, 3.8) is 0 Å². The van der Waals surface area contributed by atoms with Gasteiger partial charge in [0.2, 0.25) is 0 Å². The summed E-state index contributed by atoms with van der Waals surface area (Å²) in [6, 6.07) is 0. The number of carbonyl (C=O) groups is 2. The van der Waals surface area contributed by atoms with Crippen LogP contribution in [0.3, 0.4) is 0 Å². The summed E-state index contributed by atoms with van der Waals surface area (Å²) >= 11 is 0. The number of allylic oxidation sites excluding steroid dienone is 2. The van der Waals surface area contributed by atoms with Gasteiger partial charge < -0.3 is 10.2 Å². The van der Waals surface area contributed by atoms with Gasteiger partial charge in [-0.2, -0.15) is 0 Å². The molecule has 1 radical (unpaired) electrons. The maximum Gasteiger partial charge on any atom is 0.327 e. The fraction of sp³-hybridized carbons (Fsp3) is 0.850. The molecule has 0 aliphatic rings. The zero-order chi connectivity index (χ0) is 32.6. The van der Waals surface area contributed by atoms with Crippen LogP contribution in [0.4, 0.5) is 0 Å². The molecule has 0 unspecified atom stereocenters. The summed E-state index contributed by atoms with van der Waals surface area (Å²) in [5.41, 5.74) is 0. The first-order valence-electron chi connectivity index (χ1n) is 19.3. The number of carboxylic acids is 2. The molecule has 0 atom stereocenters. The summed E-state index contributed by atoms with van der Waals surface area (Å²) in [5, 5.41) is 16.9. The summed E-state index contributed by atoms with van der Waals surface area (Å²) in [6.45, 7) is 4.55. The van der Waals surface area contributed by atoms with Crippen LogP contribution in [-0.2, 0) is 26.7 Å². The Kier molecular flexibility index (Phi) is 48.4. The normalized spacial score (nSPS) is 11.1. The largest absolute Gasteiger partial charge is 0.478 e. The van der Waals surface area contributed by atoms with Crippen molar-refractivity contribution >= 4 is 11.9 Å². The standard InChI is InChI=1S/2C20H38O2.Cu/c2*1-2-3-4-5-6-7-8-9-10-11-12-13-14-15-16-17-18-19-20(21)22;/h2*18-19H,2-17H2,1H3,(H,21,22);.